The van der Waals surface area contributed by atoms with Crippen LogP contribution in [0.25, 0.3) is 0 Å². The summed E-state index contributed by atoms with van der Waals surface area (Å²) in [5, 5.41) is 21.3. The number of hydrogen-bond donors (Lipinski definition) is 2. The van der Waals surface area contributed by atoms with Crippen LogP contribution >= 0.6 is 0 Å². The summed E-state index contributed by atoms with van der Waals surface area (Å²) in [5.41, 5.74) is -1.16. The third kappa shape index (κ3) is 58.7. The highest BCUT2D eigenvalue weighted by Gasteiger charge is 2.38. The van der Waals surface area contributed by atoms with Gasteiger partial charge in [-0.25, -0.2) is 0 Å². The SMILES string of the molecule is CCCCCCC(CCCC)C(=O)OCCCCCCN(CCCCCCOC(=O)C(CCCC)CCCCCC)CCN(CCCCCCOC(=O)C(CCCC)CCCCCC)CCN1CCN(CCN(CCCCCCC(CCCC)(CCCCCC)C(=O)O)CCCCCCC(CCCC)(CCCCCC)C(=O)O)CC1. The molecule has 115 heavy (non-hydrogen) atoms. The van der Waals surface area contributed by atoms with Gasteiger partial charge in [-0.05, 0) is 161 Å². The lowest BCUT2D eigenvalue weighted by molar-refractivity contribution is -0.151. The van der Waals surface area contributed by atoms with Crippen LogP contribution in [0.15, 0.2) is 0 Å². The molecule has 1 aliphatic heterocycles. The molecule has 5 unspecified atom stereocenters. The van der Waals surface area contributed by atoms with Crippen molar-refractivity contribution < 1.29 is 48.4 Å². The van der Waals surface area contributed by atoms with E-state index in [-0.39, 0.29) is 35.7 Å². The third-order valence-corrected chi connectivity index (χ3v) is 26.1. The third-order valence-electron chi connectivity index (χ3n) is 26.1. The van der Waals surface area contributed by atoms with E-state index in [4.69, 9.17) is 14.2 Å². The van der Waals surface area contributed by atoms with E-state index >= 15 is 0 Å². The lowest BCUT2D eigenvalue weighted by Crippen LogP contribution is -2.50. The molecule has 1 fully saturated rings. The van der Waals surface area contributed by atoms with Crippen LogP contribution in [0.2, 0.25) is 0 Å². The van der Waals surface area contributed by atoms with Gasteiger partial charge in [-0.3, -0.25) is 33.8 Å². The Balaban J connectivity index is 3.33. The number of esters is 3. The number of aliphatic carboxylic acids is 2. The number of ether oxygens (including phenoxy) is 3. The van der Waals surface area contributed by atoms with Gasteiger partial charge in [0.1, 0.15) is 0 Å². The van der Waals surface area contributed by atoms with Gasteiger partial charge in [-0.15, -0.1) is 0 Å². The number of hydrogen-bond acceptors (Lipinski definition) is 13. The van der Waals surface area contributed by atoms with E-state index in [1.807, 2.05) is 0 Å². The van der Waals surface area contributed by atoms with E-state index in [0.717, 1.165) is 426 Å². The van der Waals surface area contributed by atoms with Gasteiger partial charge in [-0.1, -0.05) is 339 Å². The molecule has 1 aliphatic rings. The predicted octanol–water partition coefficient (Wildman–Crippen LogP) is 26.5. The molecule has 0 saturated carbocycles. The summed E-state index contributed by atoms with van der Waals surface area (Å²) in [7, 11) is 0. The molecule has 1 heterocycles. The van der Waals surface area contributed by atoms with Gasteiger partial charge in [0.15, 0.2) is 0 Å². The van der Waals surface area contributed by atoms with Crippen LogP contribution in [0.5, 0.6) is 0 Å². The number of unbranched alkanes of at least 4 members (excludes halogenated alkanes) is 35. The van der Waals surface area contributed by atoms with Crippen molar-refractivity contribution in [1.29, 1.82) is 0 Å². The van der Waals surface area contributed by atoms with E-state index < -0.39 is 22.8 Å². The fourth-order valence-electron chi connectivity index (χ4n) is 17.8. The fourth-order valence-corrected chi connectivity index (χ4v) is 17.8. The molecule has 0 amide bonds. The van der Waals surface area contributed by atoms with Gasteiger partial charge in [0, 0.05) is 65.4 Å². The molecule has 1 rings (SSSR count). The summed E-state index contributed by atoms with van der Waals surface area (Å²) < 4.78 is 17.9. The first-order valence-corrected chi connectivity index (χ1v) is 50.7. The quantitative estimate of drug-likeness (QED) is 0.0335. The average Bonchev–Trinajstić information content (AvgIpc) is 0.851. The summed E-state index contributed by atoms with van der Waals surface area (Å²) in [4.78, 5) is 79.6. The summed E-state index contributed by atoms with van der Waals surface area (Å²) >= 11 is 0. The topological polar surface area (TPSA) is 170 Å². The van der Waals surface area contributed by atoms with Gasteiger partial charge in [0.05, 0.1) is 48.4 Å². The Morgan fingerprint density at radius 1 is 0.252 bits per heavy atom. The molecular weight excluding hydrogens is 1430 g/mol. The lowest BCUT2D eigenvalue weighted by Gasteiger charge is -2.37. The van der Waals surface area contributed by atoms with Gasteiger partial charge in [-0.2, -0.15) is 0 Å². The Morgan fingerprint density at radius 2 is 0.461 bits per heavy atom. The zero-order valence-corrected chi connectivity index (χ0v) is 78.2. The standard InChI is InChI=1S/C100H195N5O10/c1-11-21-31-46-64-91(61-26-16-6)94(106)113-88-58-43-40-55-75-101(76-56-41-44-59-89-114-95(107)92(62-27-17-7)65-47-32-22-12-2)78-80-103(77-57-42-45-60-90-115-96(108)93(63-28-18-8)66-48-33-23-13-3)81-83-105-86-84-104(85-87-105)82-79-102(73-53-38-36-51-71-99(97(109)110,67-29-19-9)69-49-34-24-14-4)74-54-39-37-52-72-100(98(111)112,68-30-20-10)70-50-35-25-15-5/h91-93H,11-90H2,1-10H3,(H,109,110)(H,111,112). The second-order valence-corrected chi connectivity index (χ2v) is 36.3. The molecule has 0 spiro atoms. The van der Waals surface area contributed by atoms with Crippen LogP contribution < -0.4 is 0 Å². The lowest BCUT2D eigenvalue weighted by atomic mass is 9.74. The Labute approximate surface area is 712 Å². The molecule has 15 heteroatoms. The van der Waals surface area contributed by atoms with Crippen LogP contribution in [0.3, 0.4) is 0 Å². The number of nitrogens with zero attached hydrogens (tertiary/aromatic N) is 5. The first-order chi connectivity index (χ1) is 56.1. The van der Waals surface area contributed by atoms with Crippen molar-refractivity contribution in [2.75, 3.05) is 118 Å². The second-order valence-electron chi connectivity index (χ2n) is 36.3. The average molecular weight is 1630 g/mol. The maximum Gasteiger partial charge on any atom is 0.309 e. The first kappa shape index (κ1) is 110. The predicted molar refractivity (Wildman–Crippen MR) is 489 cm³/mol. The van der Waals surface area contributed by atoms with Crippen molar-refractivity contribution in [2.24, 2.45) is 28.6 Å². The Hall–Kier alpha value is -2.85. The van der Waals surface area contributed by atoms with Gasteiger partial charge >= 0.3 is 29.8 Å². The molecule has 0 aromatic carbocycles. The van der Waals surface area contributed by atoms with E-state index in [2.05, 4.69) is 93.7 Å². The number of carbonyl (C=O) groups excluding carboxylic acids is 3. The molecule has 0 aliphatic carbocycles. The number of piperazine rings is 1. The zero-order chi connectivity index (χ0) is 84.2. The van der Waals surface area contributed by atoms with Crippen LogP contribution in [-0.2, 0) is 38.2 Å². The van der Waals surface area contributed by atoms with Crippen molar-refractivity contribution in [3.63, 3.8) is 0 Å². The molecular formula is C100H195N5O10. The first-order valence-electron chi connectivity index (χ1n) is 50.7. The Morgan fingerprint density at radius 3 is 0.722 bits per heavy atom. The maximum absolute atomic E-state index is 13.4. The summed E-state index contributed by atoms with van der Waals surface area (Å²) in [6.07, 6.45) is 65.8. The van der Waals surface area contributed by atoms with E-state index in [9.17, 15) is 34.2 Å². The molecule has 0 radical (unpaired) electrons. The highest BCUT2D eigenvalue weighted by Crippen LogP contribution is 2.39. The fraction of sp³-hybridized carbons (Fsp3) is 0.950. The zero-order valence-electron chi connectivity index (χ0n) is 78.2. The molecule has 5 atom stereocenters. The minimum atomic E-state index is -0.579. The van der Waals surface area contributed by atoms with E-state index in [1.54, 1.807) is 0 Å². The highest BCUT2D eigenvalue weighted by molar-refractivity contribution is 5.75. The summed E-state index contributed by atoms with van der Waals surface area (Å²) in [6, 6.07) is 0. The molecule has 0 bridgehead atoms. The van der Waals surface area contributed by atoms with Crippen LogP contribution in [0, 0.1) is 28.6 Å². The van der Waals surface area contributed by atoms with Crippen LogP contribution in [-0.4, -0.2) is 183 Å². The van der Waals surface area contributed by atoms with E-state index in [1.165, 1.54) is 70.6 Å². The minimum absolute atomic E-state index is 0.0279. The number of rotatable bonds is 89. The van der Waals surface area contributed by atoms with Crippen LogP contribution in [0.1, 0.15) is 467 Å². The molecule has 0 aromatic rings. The Kier molecular flexibility index (Phi) is 75.1. The van der Waals surface area contributed by atoms with Gasteiger partial charge in [0.25, 0.3) is 0 Å². The number of carboxylic acids is 2. The molecule has 680 valence electrons. The summed E-state index contributed by atoms with van der Waals surface area (Å²) in [5.74, 6) is -0.935. The minimum Gasteiger partial charge on any atom is -0.481 e. The molecule has 15 nitrogen and oxygen atoms in total. The normalized spacial score (nSPS) is 14.9. The maximum atomic E-state index is 13.4. The smallest absolute Gasteiger partial charge is 0.309 e. The van der Waals surface area contributed by atoms with Crippen molar-refractivity contribution in [3.8, 4) is 0 Å². The molecule has 1 saturated heterocycles. The van der Waals surface area contributed by atoms with Crippen molar-refractivity contribution in [2.45, 2.75) is 467 Å². The second kappa shape index (κ2) is 78.4. The monoisotopic (exact) mass is 1630 g/mol. The summed E-state index contributed by atoms with van der Waals surface area (Å²) in [6.45, 7) is 39.7. The van der Waals surface area contributed by atoms with Crippen molar-refractivity contribution >= 4 is 29.8 Å². The number of carboxylic acid groups (broad SMARTS) is 2. The van der Waals surface area contributed by atoms with Gasteiger partial charge < -0.3 is 39.1 Å². The van der Waals surface area contributed by atoms with Crippen LogP contribution in [0.4, 0.5) is 0 Å². The van der Waals surface area contributed by atoms with E-state index in [0.29, 0.717) is 19.8 Å². The molecule has 0 aromatic heterocycles. The molecule has 2 N–H and O–H groups in total. The van der Waals surface area contributed by atoms with Gasteiger partial charge in [0.2, 0.25) is 0 Å². The van der Waals surface area contributed by atoms with Crippen molar-refractivity contribution in [3.05, 3.63) is 0 Å². The highest BCUT2D eigenvalue weighted by atomic mass is 16.5. The Bertz CT molecular complexity index is 2100. The van der Waals surface area contributed by atoms with Crippen molar-refractivity contribution in [1.82, 2.24) is 24.5 Å². The number of carbonyl (C=O) groups is 5. The largest absolute Gasteiger partial charge is 0.481 e.